The maximum absolute atomic E-state index is 5.16. The van der Waals surface area contributed by atoms with Crippen LogP contribution in [0.2, 0.25) is 0 Å². The third kappa shape index (κ3) is 4.64. The van der Waals surface area contributed by atoms with Crippen LogP contribution in [0.4, 0.5) is 0 Å². The van der Waals surface area contributed by atoms with E-state index in [9.17, 15) is 0 Å². The summed E-state index contributed by atoms with van der Waals surface area (Å²) >= 11 is 0. The van der Waals surface area contributed by atoms with Crippen molar-refractivity contribution in [2.75, 3.05) is 0 Å². The number of imidazole rings is 1. The van der Waals surface area contributed by atoms with Crippen LogP contribution < -0.4 is 0 Å². The highest BCUT2D eigenvalue weighted by molar-refractivity contribution is 6.31. The highest BCUT2D eigenvalue weighted by Gasteiger charge is 2.19. The van der Waals surface area contributed by atoms with Crippen LogP contribution in [0.15, 0.2) is 176 Å². The fourth-order valence-corrected chi connectivity index (χ4v) is 8.00. The van der Waals surface area contributed by atoms with Crippen molar-refractivity contribution in [2.45, 2.75) is 0 Å². The summed E-state index contributed by atoms with van der Waals surface area (Å²) < 4.78 is 2.22. The number of nitrogens with zero attached hydrogens (tertiary/aromatic N) is 5. The summed E-state index contributed by atoms with van der Waals surface area (Å²) in [5, 5.41) is 9.43. The minimum absolute atomic E-state index is 0.645. The van der Waals surface area contributed by atoms with Gasteiger partial charge < -0.3 is 0 Å². The van der Waals surface area contributed by atoms with Crippen LogP contribution in [-0.2, 0) is 0 Å². The Morgan fingerprint density at radius 1 is 0.358 bits per heavy atom. The van der Waals surface area contributed by atoms with Gasteiger partial charge in [0.15, 0.2) is 17.5 Å². The molecule has 0 saturated carbocycles. The molecule has 0 fully saturated rings. The van der Waals surface area contributed by atoms with Crippen LogP contribution in [0, 0.1) is 0 Å². The molecule has 0 radical (unpaired) electrons. The Balaban J connectivity index is 1.16. The lowest BCUT2D eigenvalue weighted by Crippen LogP contribution is -2.00. The van der Waals surface area contributed by atoms with E-state index in [2.05, 4.69) is 120 Å². The van der Waals surface area contributed by atoms with E-state index in [4.69, 9.17) is 19.9 Å². The topological polar surface area (TPSA) is 56.0 Å². The molecule has 5 nitrogen and oxygen atoms in total. The summed E-state index contributed by atoms with van der Waals surface area (Å²) in [5.41, 5.74) is 8.25. The lowest BCUT2D eigenvalue weighted by molar-refractivity contribution is 1.08. The Bertz CT molecular complexity index is 3160. The van der Waals surface area contributed by atoms with Crippen molar-refractivity contribution in [1.29, 1.82) is 0 Å². The van der Waals surface area contributed by atoms with Crippen molar-refractivity contribution in [1.82, 2.24) is 24.3 Å². The monoisotopic (exact) mass is 675 g/mol. The number of hydrogen-bond acceptors (Lipinski definition) is 4. The number of hydrogen-bond donors (Lipinski definition) is 0. The molecule has 3 heterocycles. The number of fused-ring (bicyclic) bond motifs is 11. The van der Waals surface area contributed by atoms with Gasteiger partial charge in [0.2, 0.25) is 0 Å². The second-order valence-electron chi connectivity index (χ2n) is 13.5. The third-order valence-corrected chi connectivity index (χ3v) is 10.4. The Morgan fingerprint density at radius 2 is 0.962 bits per heavy atom. The van der Waals surface area contributed by atoms with Crippen LogP contribution in [0.1, 0.15) is 0 Å². The zero-order chi connectivity index (χ0) is 34.9. The molecule has 246 valence electrons. The Kier molecular flexibility index (Phi) is 6.48. The number of benzene rings is 8. The van der Waals surface area contributed by atoms with Crippen LogP contribution >= 0.6 is 0 Å². The standard InChI is InChI=1S/C48H29N5/c1-3-14-31(15-4-1)46-50-47(32-16-5-2-6-17-32)52-48(51-46)39-27-26-34(36-19-9-10-20-37(36)39)33-23-24-38-41(29-33)43-35-18-8-7-13-30(35)22-25-40(43)44-45(38)53-28-12-11-21-42(53)49-44/h1-29H. The van der Waals surface area contributed by atoms with Gasteiger partial charge in [0.1, 0.15) is 5.65 Å². The molecule has 0 amide bonds. The molecule has 0 aliphatic rings. The van der Waals surface area contributed by atoms with Crippen molar-refractivity contribution in [3.05, 3.63) is 176 Å². The molecule has 53 heavy (non-hydrogen) atoms. The zero-order valence-electron chi connectivity index (χ0n) is 28.5. The summed E-state index contributed by atoms with van der Waals surface area (Å²) in [7, 11) is 0. The summed E-state index contributed by atoms with van der Waals surface area (Å²) in [6, 6.07) is 59.5. The summed E-state index contributed by atoms with van der Waals surface area (Å²) in [6.45, 7) is 0. The van der Waals surface area contributed by atoms with Gasteiger partial charge >= 0.3 is 0 Å². The van der Waals surface area contributed by atoms with Gasteiger partial charge in [0.05, 0.1) is 11.0 Å². The smallest absolute Gasteiger partial charge is 0.164 e. The van der Waals surface area contributed by atoms with E-state index in [1.54, 1.807) is 0 Å². The highest BCUT2D eigenvalue weighted by atomic mass is 15.0. The first kappa shape index (κ1) is 29.5. The van der Waals surface area contributed by atoms with Crippen LogP contribution in [0.3, 0.4) is 0 Å². The number of aromatic nitrogens is 5. The summed E-state index contributed by atoms with van der Waals surface area (Å²) in [4.78, 5) is 20.2. The molecule has 11 aromatic rings. The van der Waals surface area contributed by atoms with Crippen LogP contribution in [0.25, 0.3) is 105 Å². The lowest BCUT2D eigenvalue weighted by Gasteiger charge is -2.15. The molecule has 0 N–H and O–H groups in total. The van der Waals surface area contributed by atoms with Gasteiger partial charge in [-0.25, -0.2) is 19.9 Å². The predicted octanol–water partition coefficient (Wildman–Crippen LogP) is 12.0. The molecule has 0 bridgehead atoms. The molecule has 0 unspecified atom stereocenters. The molecule has 0 atom stereocenters. The largest absolute Gasteiger partial charge is 0.299 e. The maximum atomic E-state index is 5.16. The minimum atomic E-state index is 0.645. The summed E-state index contributed by atoms with van der Waals surface area (Å²) in [5.74, 6) is 1.94. The zero-order valence-corrected chi connectivity index (χ0v) is 28.5. The normalized spacial score (nSPS) is 11.8. The van der Waals surface area contributed by atoms with Gasteiger partial charge in [-0.3, -0.25) is 4.40 Å². The van der Waals surface area contributed by atoms with Gasteiger partial charge in [-0.2, -0.15) is 0 Å². The second kappa shape index (κ2) is 11.7. The van der Waals surface area contributed by atoms with Crippen molar-refractivity contribution in [3.8, 4) is 45.3 Å². The van der Waals surface area contributed by atoms with E-state index in [1.807, 2.05) is 60.7 Å². The van der Waals surface area contributed by atoms with E-state index < -0.39 is 0 Å². The third-order valence-electron chi connectivity index (χ3n) is 10.4. The van der Waals surface area contributed by atoms with Gasteiger partial charge in [0, 0.05) is 33.7 Å². The van der Waals surface area contributed by atoms with Crippen molar-refractivity contribution in [3.63, 3.8) is 0 Å². The molecule has 8 aromatic carbocycles. The summed E-state index contributed by atoms with van der Waals surface area (Å²) in [6.07, 6.45) is 2.12. The molecule has 0 spiro atoms. The second-order valence-corrected chi connectivity index (χ2v) is 13.5. The van der Waals surface area contributed by atoms with Crippen molar-refractivity contribution >= 4 is 59.8 Å². The van der Waals surface area contributed by atoms with E-state index in [0.29, 0.717) is 17.5 Å². The SMILES string of the molecule is c1ccc(-c2nc(-c3ccccc3)nc(-c3ccc(-c4ccc5c(c4)c4c6ccccc6ccc4c4nc6ccccn6c54)c4ccccc34)n2)cc1. The van der Waals surface area contributed by atoms with Crippen LogP contribution in [0.5, 0.6) is 0 Å². The van der Waals surface area contributed by atoms with Gasteiger partial charge in [-0.15, -0.1) is 0 Å². The minimum Gasteiger partial charge on any atom is -0.299 e. The molecular weight excluding hydrogens is 647 g/mol. The van der Waals surface area contributed by atoms with Gasteiger partial charge in [0.25, 0.3) is 0 Å². The first-order chi connectivity index (χ1) is 26.3. The predicted molar refractivity (Wildman–Crippen MR) is 218 cm³/mol. The quantitative estimate of drug-likeness (QED) is 0.174. The van der Waals surface area contributed by atoms with Gasteiger partial charge in [-0.1, -0.05) is 146 Å². The number of rotatable bonds is 4. The Labute approximate surface area is 304 Å². The molecule has 3 aromatic heterocycles. The Morgan fingerprint density at radius 3 is 1.72 bits per heavy atom. The number of pyridine rings is 1. The maximum Gasteiger partial charge on any atom is 0.164 e. The fourth-order valence-electron chi connectivity index (χ4n) is 8.00. The average Bonchev–Trinajstić information content (AvgIpc) is 3.63. The molecule has 5 heteroatoms. The Hall–Kier alpha value is -7.24. The first-order valence-electron chi connectivity index (χ1n) is 17.8. The van der Waals surface area contributed by atoms with E-state index in [1.165, 1.54) is 26.9 Å². The highest BCUT2D eigenvalue weighted by Crippen LogP contribution is 2.42. The molecule has 0 saturated heterocycles. The van der Waals surface area contributed by atoms with E-state index in [-0.39, 0.29) is 0 Å². The van der Waals surface area contributed by atoms with E-state index >= 15 is 0 Å². The molecular formula is C48H29N5. The van der Waals surface area contributed by atoms with Gasteiger partial charge in [-0.05, 0) is 67.7 Å². The molecule has 0 aliphatic heterocycles. The first-order valence-corrected chi connectivity index (χ1v) is 17.8. The van der Waals surface area contributed by atoms with Crippen molar-refractivity contribution in [2.24, 2.45) is 0 Å². The fraction of sp³-hybridized carbons (Fsp3) is 0. The van der Waals surface area contributed by atoms with Crippen molar-refractivity contribution < 1.29 is 0 Å². The molecule has 11 rings (SSSR count). The van der Waals surface area contributed by atoms with Crippen LogP contribution in [-0.4, -0.2) is 24.3 Å². The molecule has 0 aliphatic carbocycles. The van der Waals surface area contributed by atoms with E-state index in [0.717, 1.165) is 60.7 Å². The lowest BCUT2D eigenvalue weighted by atomic mass is 9.90. The average molecular weight is 676 g/mol.